The molecule has 0 saturated carbocycles. The van der Waals surface area contributed by atoms with Crippen molar-refractivity contribution < 1.29 is 0 Å². The molecule has 0 amide bonds. The van der Waals surface area contributed by atoms with Gasteiger partial charge in [-0.1, -0.05) is 6.42 Å². The molecule has 12 heavy (non-hydrogen) atoms. The van der Waals surface area contributed by atoms with Crippen molar-refractivity contribution in [2.75, 3.05) is 13.1 Å². The van der Waals surface area contributed by atoms with Gasteiger partial charge in [0.1, 0.15) is 0 Å². The zero-order valence-electron chi connectivity index (χ0n) is 7.01. The molecule has 0 aromatic carbocycles. The fraction of sp³-hybridized carbons (Fsp3) is 0.833. The Balaban J connectivity index is -0.000000405. The average Bonchev–Trinajstić information content (AvgIpc) is 1.87. The Morgan fingerprint density at radius 2 is 1.75 bits per heavy atom. The minimum Gasteiger partial charge on any atom is -0.370 e. The maximum atomic E-state index is 6.82. The molecule has 6 heteroatoms. The van der Waals surface area contributed by atoms with Crippen LogP contribution < -0.4 is 16.8 Å². The summed E-state index contributed by atoms with van der Waals surface area (Å²) in [6, 6.07) is 0. The van der Waals surface area contributed by atoms with Crippen molar-refractivity contribution >= 4 is 30.8 Å². The molecule has 0 rings (SSSR count). The predicted octanol–water partition coefficient (Wildman–Crippen LogP) is 0.442. The van der Waals surface area contributed by atoms with E-state index in [9.17, 15) is 0 Å². The maximum Gasteiger partial charge on any atom is 0.185 e. The fourth-order valence-electron chi connectivity index (χ4n) is 0.669. The maximum absolute atomic E-state index is 6.82. The zero-order valence-corrected chi connectivity index (χ0v) is 8.64. The van der Waals surface area contributed by atoms with Gasteiger partial charge in [-0.2, -0.15) is 0 Å². The normalized spacial score (nSPS) is 7.75. The minimum atomic E-state index is 0. The van der Waals surface area contributed by atoms with Gasteiger partial charge in [0.2, 0.25) is 0 Å². The summed E-state index contributed by atoms with van der Waals surface area (Å²) >= 11 is 0. The first-order chi connectivity index (χ1) is 4.77. The Hall–Kier alpha value is -0.190. The average molecular weight is 217 g/mol. The van der Waals surface area contributed by atoms with Crippen LogP contribution in [0, 0.1) is 5.41 Å². The summed E-state index contributed by atoms with van der Waals surface area (Å²) in [5.74, 6) is 0.0488. The molecule has 0 aliphatic heterocycles. The highest BCUT2D eigenvalue weighted by Gasteiger charge is 1.87. The molecule has 0 spiro atoms. The standard InChI is InChI=1S/C6H16N4.2ClH/c7-4-2-1-3-5-10-6(8)9;;/h1-5,7H2,(H4,8,9,10);2*1H. The molecule has 0 unspecified atom stereocenters. The Morgan fingerprint density at radius 1 is 1.17 bits per heavy atom. The van der Waals surface area contributed by atoms with Gasteiger partial charge in [-0.15, -0.1) is 24.8 Å². The third-order valence-electron chi connectivity index (χ3n) is 1.20. The van der Waals surface area contributed by atoms with E-state index in [1.807, 2.05) is 0 Å². The Kier molecular flexibility index (Phi) is 19.9. The summed E-state index contributed by atoms with van der Waals surface area (Å²) in [5.41, 5.74) is 10.3. The monoisotopic (exact) mass is 216 g/mol. The highest BCUT2D eigenvalue weighted by molar-refractivity contribution is 5.85. The van der Waals surface area contributed by atoms with Crippen LogP contribution in [-0.4, -0.2) is 19.0 Å². The van der Waals surface area contributed by atoms with Crippen molar-refractivity contribution in [1.29, 1.82) is 5.41 Å². The van der Waals surface area contributed by atoms with E-state index in [1.54, 1.807) is 0 Å². The molecule has 0 aromatic rings. The lowest BCUT2D eigenvalue weighted by Crippen LogP contribution is -2.30. The summed E-state index contributed by atoms with van der Waals surface area (Å²) in [6.07, 6.45) is 3.20. The van der Waals surface area contributed by atoms with Crippen LogP contribution in [0.1, 0.15) is 19.3 Å². The van der Waals surface area contributed by atoms with Gasteiger partial charge >= 0.3 is 0 Å². The van der Waals surface area contributed by atoms with Crippen molar-refractivity contribution in [2.45, 2.75) is 19.3 Å². The number of hydrogen-bond acceptors (Lipinski definition) is 2. The number of hydrogen-bond donors (Lipinski definition) is 4. The molecule has 76 valence electrons. The molecular weight excluding hydrogens is 199 g/mol. The molecule has 0 saturated heterocycles. The number of guanidine groups is 1. The van der Waals surface area contributed by atoms with E-state index in [2.05, 4.69) is 5.32 Å². The topological polar surface area (TPSA) is 87.9 Å². The minimum absolute atomic E-state index is 0. The van der Waals surface area contributed by atoms with Gasteiger partial charge in [0.15, 0.2) is 5.96 Å². The summed E-state index contributed by atoms with van der Waals surface area (Å²) in [6.45, 7) is 1.54. The lowest BCUT2D eigenvalue weighted by Gasteiger charge is -2.01. The lowest BCUT2D eigenvalue weighted by atomic mass is 10.2. The van der Waals surface area contributed by atoms with E-state index >= 15 is 0 Å². The summed E-state index contributed by atoms with van der Waals surface area (Å²) in [5, 5.41) is 9.54. The van der Waals surface area contributed by atoms with E-state index in [1.165, 1.54) is 0 Å². The molecule has 0 aliphatic carbocycles. The van der Waals surface area contributed by atoms with Crippen molar-refractivity contribution in [2.24, 2.45) is 11.5 Å². The van der Waals surface area contributed by atoms with Gasteiger partial charge in [-0.25, -0.2) is 0 Å². The van der Waals surface area contributed by atoms with E-state index in [-0.39, 0.29) is 30.8 Å². The SMILES string of the molecule is Cl.Cl.N=C(N)NCCCCCN. The van der Waals surface area contributed by atoms with E-state index in [0.717, 1.165) is 32.4 Å². The van der Waals surface area contributed by atoms with E-state index in [4.69, 9.17) is 16.9 Å². The van der Waals surface area contributed by atoms with Crippen LogP contribution in [0.5, 0.6) is 0 Å². The molecule has 0 aromatic heterocycles. The predicted molar refractivity (Wildman–Crippen MR) is 57.3 cm³/mol. The van der Waals surface area contributed by atoms with Gasteiger partial charge in [0, 0.05) is 6.54 Å². The van der Waals surface area contributed by atoms with Gasteiger partial charge in [0.25, 0.3) is 0 Å². The van der Waals surface area contributed by atoms with Crippen LogP contribution in [0.25, 0.3) is 0 Å². The number of rotatable bonds is 5. The summed E-state index contributed by atoms with van der Waals surface area (Å²) in [4.78, 5) is 0. The molecular formula is C6H18Cl2N4. The Morgan fingerprint density at radius 3 is 2.17 bits per heavy atom. The van der Waals surface area contributed by atoms with Crippen LogP contribution in [0.3, 0.4) is 0 Å². The molecule has 0 heterocycles. The van der Waals surface area contributed by atoms with Crippen molar-refractivity contribution in [3.63, 3.8) is 0 Å². The molecule has 0 atom stereocenters. The van der Waals surface area contributed by atoms with Gasteiger partial charge < -0.3 is 16.8 Å². The van der Waals surface area contributed by atoms with Crippen LogP contribution >= 0.6 is 24.8 Å². The number of halogens is 2. The quantitative estimate of drug-likeness (QED) is 0.306. The first kappa shape index (κ1) is 17.8. The zero-order chi connectivity index (χ0) is 7.82. The summed E-state index contributed by atoms with van der Waals surface area (Å²) in [7, 11) is 0. The number of unbranched alkanes of at least 4 members (excludes halogenated alkanes) is 2. The Bertz CT molecular complexity index is 99.5. The van der Waals surface area contributed by atoms with Crippen LogP contribution in [0.4, 0.5) is 0 Å². The van der Waals surface area contributed by atoms with Gasteiger partial charge in [-0.05, 0) is 19.4 Å². The Labute approximate surface area is 85.8 Å². The van der Waals surface area contributed by atoms with Crippen molar-refractivity contribution in [3.05, 3.63) is 0 Å². The highest BCUT2D eigenvalue weighted by Crippen LogP contribution is 1.89. The molecule has 6 N–H and O–H groups in total. The van der Waals surface area contributed by atoms with Crippen LogP contribution in [0.15, 0.2) is 0 Å². The van der Waals surface area contributed by atoms with Crippen LogP contribution in [0.2, 0.25) is 0 Å². The van der Waals surface area contributed by atoms with Gasteiger partial charge in [0.05, 0.1) is 0 Å². The second kappa shape index (κ2) is 13.4. The largest absolute Gasteiger partial charge is 0.370 e. The molecule has 4 nitrogen and oxygen atoms in total. The summed E-state index contributed by atoms with van der Waals surface area (Å²) < 4.78 is 0. The smallest absolute Gasteiger partial charge is 0.185 e. The van der Waals surface area contributed by atoms with Crippen molar-refractivity contribution in [1.82, 2.24) is 5.32 Å². The third kappa shape index (κ3) is 16.4. The number of nitrogens with two attached hydrogens (primary N) is 2. The van der Waals surface area contributed by atoms with Crippen LogP contribution in [-0.2, 0) is 0 Å². The lowest BCUT2D eigenvalue weighted by molar-refractivity contribution is 0.669. The first-order valence-electron chi connectivity index (χ1n) is 3.55. The first-order valence-corrected chi connectivity index (χ1v) is 3.55. The molecule has 0 bridgehead atoms. The van der Waals surface area contributed by atoms with E-state index < -0.39 is 0 Å². The second-order valence-corrected chi connectivity index (χ2v) is 2.19. The molecule has 0 radical (unpaired) electrons. The third-order valence-corrected chi connectivity index (χ3v) is 1.20. The van der Waals surface area contributed by atoms with E-state index in [0.29, 0.717) is 0 Å². The van der Waals surface area contributed by atoms with Crippen molar-refractivity contribution in [3.8, 4) is 0 Å². The van der Waals surface area contributed by atoms with Gasteiger partial charge in [-0.3, -0.25) is 5.41 Å². The molecule has 0 fully saturated rings. The second-order valence-electron chi connectivity index (χ2n) is 2.19. The fourth-order valence-corrected chi connectivity index (χ4v) is 0.669. The molecule has 0 aliphatic rings. The number of nitrogens with one attached hydrogen (secondary N) is 2. The highest BCUT2D eigenvalue weighted by atomic mass is 35.5.